The second kappa shape index (κ2) is 4.63. The van der Waals surface area contributed by atoms with Gasteiger partial charge in [0.05, 0.1) is 10.2 Å². The number of pyridine rings is 1. The number of rotatable bonds is 0. The summed E-state index contributed by atoms with van der Waals surface area (Å²) in [4.78, 5) is 25.7. The van der Waals surface area contributed by atoms with Gasteiger partial charge in [-0.25, -0.2) is 4.57 Å². The zero-order valence-electron chi connectivity index (χ0n) is 6.94. The third-order valence-corrected chi connectivity index (χ3v) is 2.09. The quantitative estimate of drug-likeness (QED) is 0.598. The van der Waals surface area contributed by atoms with Gasteiger partial charge in [0.25, 0.3) is 0 Å². The van der Waals surface area contributed by atoms with Crippen LogP contribution in [0.25, 0.3) is 10.2 Å². The molecule has 0 fully saturated rings. The largest absolute Gasteiger partial charge is 0.466 e. The fourth-order valence-corrected chi connectivity index (χ4v) is 1.54. The van der Waals surface area contributed by atoms with Gasteiger partial charge in [0.1, 0.15) is 0 Å². The van der Waals surface area contributed by atoms with Crippen molar-refractivity contribution in [3.05, 3.63) is 29.8 Å². The first-order valence-electron chi connectivity index (χ1n) is 3.53. The molecule has 0 bridgehead atoms. The Bertz CT molecular complexity index is 413. The first-order valence-corrected chi connectivity index (χ1v) is 5.98. The predicted molar refractivity (Wildman–Crippen MR) is 53.9 cm³/mol. The summed E-state index contributed by atoms with van der Waals surface area (Å²) in [6.07, 6.45) is 1.81. The van der Waals surface area contributed by atoms with Crippen LogP contribution in [-0.4, -0.2) is 19.7 Å². The van der Waals surface area contributed by atoms with Crippen molar-refractivity contribution in [1.29, 1.82) is 0 Å². The zero-order valence-corrected chi connectivity index (χ0v) is 8.65. The van der Waals surface area contributed by atoms with Crippen molar-refractivity contribution in [1.82, 2.24) is 4.98 Å². The number of phosphoric acid groups is 1. The Morgan fingerprint density at radius 1 is 1.29 bits per heavy atom. The summed E-state index contributed by atoms with van der Waals surface area (Å²) in [7, 11) is -4.64. The summed E-state index contributed by atoms with van der Waals surface area (Å²) in [6, 6.07) is 6.06. The minimum atomic E-state index is -4.64. The fraction of sp³-hybridized carbons (Fsp3) is 0. The van der Waals surface area contributed by atoms with E-state index in [1.807, 2.05) is 18.3 Å². The molecule has 0 aliphatic carbocycles. The molecule has 14 heavy (non-hydrogen) atoms. The molecule has 0 saturated carbocycles. The number of hydrogen-bond donors (Lipinski definition) is 3. The van der Waals surface area contributed by atoms with Gasteiger partial charge in [-0.05, 0) is 23.6 Å². The van der Waals surface area contributed by atoms with E-state index in [1.165, 1.54) is 4.70 Å². The first kappa shape index (κ1) is 11.3. The molecule has 3 N–H and O–H groups in total. The Balaban J connectivity index is 0.000000171. The Morgan fingerprint density at radius 2 is 1.93 bits per heavy atom. The second-order valence-corrected chi connectivity index (χ2v) is 4.29. The van der Waals surface area contributed by atoms with E-state index in [2.05, 4.69) is 16.4 Å². The molecule has 2 aromatic rings. The van der Waals surface area contributed by atoms with Crippen molar-refractivity contribution < 1.29 is 19.2 Å². The smallest absolute Gasteiger partial charge is 0.303 e. The molecular weight excluding hydrogens is 225 g/mol. The molecule has 0 atom stereocenters. The van der Waals surface area contributed by atoms with E-state index in [-0.39, 0.29) is 0 Å². The average molecular weight is 233 g/mol. The maximum atomic E-state index is 8.88. The number of nitrogens with zero attached hydrogens (tertiary/aromatic N) is 1. The van der Waals surface area contributed by atoms with Crippen LogP contribution in [0.2, 0.25) is 0 Å². The van der Waals surface area contributed by atoms with E-state index in [0.717, 1.165) is 5.52 Å². The van der Waals surface area contributed by atoms with Crippen LogP contribution in [0.1, 0.15) is 0 Å². The molecule has 0 spiro atoms. The molecule has 2 aromatic heterocycles. The number of fused-ring (bicyclic) bond motifs is 1. The summed E-state index contributed by atoms with van der Waals surface area (Å²) < 4.78 is 10.1. The van der Waals surface area contributed by atoms with Crippen LogP contribution in [0.5, 0.6) is 0 Å². The van der Waals surface area contributed by atoms with Crippen molar-refractivity contribution in [2.24, 2.45) is 0 Å². The molecule has 0 aliphatic heterocycles. The second-order valence-electron chi connectivity index (χ2n) is 2.32. The van der Waals surface area contributed by atoms with Gasteiger partial charge in [-0.2, -0.15) is 0 Å². The molecule has 2 rings (SSSR count). The summed E-state index contributed by atoms with van der Waals surface area (Å²) in [5, 5.41) is 2.05. The fourth-order valence-electron chi connectivity index (χ4n) is 0.799. The minimum absolute atomic E-state index is 1.10. The highest BCUT2D eigenvalue weighted by Gasteiger charge is 2.00. The Kier molecular flexibility index (Phi) is 3.74. The van der Waals surface area contributed by atoms with Crippen LogP contribution in [0.4, 0.5) is 0 Å². The predicted octanol–water partition coefficient (Wildman–Crippen LogP) is 1.37. The van der Waals surface area contributed by atoms with Crippen LogP contribution >= 0.6 is 19.2 Å². The lowest BCUT2D eigenvalue weighted by Crippen LogP contribution is -1.66. The Morgan fingerprint density at radius 3 is 2.50 bits per heavy atom. The lowest BCUT2D eigenvalue weighted by molar-refractivity contribution is 0.275. The molecule has 0 radical (unpaired) electrons. The summed E-state index contributed by atoms with van der Waals surface area (Å²) in [5.41, 5.74) is 1.10. The van der Waals surface area contributed by atoms with Crippen LogP contribution < -0.4 is 0 Å². The highest BCUT2D eigenvalue weighted by Crippen LogP contribution is 2.25. The molecule has 0 saturated heterocycles. The van der Waals surface area contributed by atoms with Crippen LogP contribution in [0.15, 0.2) is 29.8 Å². The number of hydrogen-bond acceptors (Lipinski definition) is 3. The molecule has 0 aromatic carbocycles. The molecule has 76 valence electrons. The van der Waals surface area contributed by atoms with Gasteiger partial charge in [0.2, 0.25) is 0 Å². The van der Waals surface area contributed by atoms with E-state index < -0.39 is 7.82 Å². The van der Waals surface area contributed by atoms with Gasteiger partial charge in [-0.3, -0.25) is 4.98 Å². The summed E-state index contributed by atoms with van der Waals surface area (Å²) in [5.74, 6) is 0. The topological polar surface area (TPSA) is 90.7 Å². The molecule has 0 unspecified atom stereocenters. The average Bonchev–Trinajstić information content (AvgIpc) is 2.47. The molecule has 5 nitrogen and oxygen atoms in total. The molecule has 7 heteroatoms. The highest BCUT2D eigenvalue weighted by molar-refractivity contribution is 7.45. The van der Waals surface area contributed by atoms with Gasteiger partial charge in [-0.1, -0.05) is 0 Å². The van der Waals surface area contributed by atoms with Crippen molar-refractivity contribution in [3.8, 4) is 0 Å². The van der Waals surface area contributed by atoms with E-state index in [1.54, 1.807) is 11.3 Å². The van der Waals surface area contributed by atoms with Crippen molar-refractivity contribution >= 4 is 29.4 Å². The summed E-state index contributed by atoms with van der Waals surface area (Å²) >= 11 is 1.72. The Hall–Kier alpha value is -0.780. The monoisotopic (exact) mass is 233 g/mol. The lowest BCUT2D eigenvalue weighted by Gasteiger charge is -1.82. The zero-order chi connectivity index (χ0) is 10.6. The third kappa shape index (κ3) is 4.45. The van der Waals surface area contributed by atoms with Gasteiger partial charge in [0, 0.05) is 6.20 Å². The first-order chi connectivity index (χ1) is 6.47. The lowest BCUT2D eigenvalue weighted by atomic mass is 10.4. The van der Waals surface area contributed by atoms with E-state index in [9.17, 15) is 0 Å². The normalized spacial score (nSPS) is 10.8. The standard InChI is InChI=1S/C7H5NS.H3O4P/c1-2-7-6(8-4-1)3-5-9-7;1-5(2,3)4/h1-5H;(H3,1,2,3,4). The van der Waals surface area contributed by atoms with Gasteiger partial charge >= 0.3 is 7.82 Å². The van der Waals surface area contributed by atoms with Crippen LogP contribution in [0, 0.1) is 0 Å². The Labute approximate surface area is 83.9 Å². The molecule has 2 heterocycles. The molecule has 0 aliphatic rings. The van der Waals surface area contributed by atoms with Crippen molar-refractivity contribution in [3.63, 3.8) is 0 Å². The van der Waals surface area contributed by atoms with Gasteiger partial charge in [-0.15, -0.1) is 11.3 Å². The van der Waals surface area contributed by atoms with E-state index in [4.69, 9.17) is 19.2 Å². The summed E-state index contributed by atoms with van der Waals surface area (Å²) in [6.45, 7) is 0. The maximum Gasteiger partial charge on any atom is 0.466 e. The minimum Gasteiger partial charge on any atom is -0.303 e. The van der Waals surface area contributed by atoms with Gasteiger partial charge in [0.15, 0.2) is 0 Å². The van der Waals surface area contributed by atoms with Crippen molar-refractivity contribution in [2.45, 2.75) is 0 Å². The third-order valence-electron chi connectivity index (χ3n) is 1.22. The number of aromatic nitrogens is 1. The maximum absolute atomic E-state index is 8.88. The SMILES string of the molecule is O=P(O)(O)O.c1cnc2ccsc2c1. The number of thiophene rings is 1. The van der Waals surface area contributed by atoms with Gasteiger partial charge < -0.3 is 14.7 Å². The molecular formula is C7H8NO4PS. The van der Waals surface area contributed by atoms with E-state index >= 15 is 0 Å². The molecule has 0 amide bonds. The van der Waals surface area contributed by atoms with E-state index in [0.29, 0.717) is 0 Å². The van der Waals surface area contributed by atoms with Crippen LogP contribution in [0.3, 0.4) is 0 Å². The van der Waals surface area contributed by atoms with Crippen molar-refractivity contribution in [2.75, 3.05) is 0 Å². The highest BCUT2D eigenvalue weighted by atomic mass is 32.1. The van der Waals surface area contributed by atoms with Crippen LogP contribution in [-0.2, 0) is 4.57 Å².